The van der Waals surface area contributed by atoms with E-state index in [0.29, 0.717) is 12.0 Å². The Balaban J connectivity index is 1.55. The van der Waals surface area contributed by atoms with E-state index in [-0.39, 0.29) is 17.2 Å². The highest BCUT2D eigenvalue weighted by Gasteiger charge is 2.32. The standard InChI is InChI=1S/C17H20F2O3/c1-10-2-7-14(16(19)15(10)18)22-17(20)12-5-3-11(4-6-12)8-13-9-21-13/h2,7,11-13H,3-6,8-9H2,1H3. The van der Waals surface area contributed by atoms with Gasteiger partial charge in [0.25, 0.3) is 0 Å². The molecule has 0 spiro atoms. The molecule has 2 fully saturated rings. The summed E-state index contributed by atoms with van der Waals surface area (Å²) in [6.07, 6.45) is 4.89. The summed E-state index contributed by atoms with van der Waals surface area (Å²) in [5, 5.41) is 0. The molecule has 1 saturated carbocycles. The van der Waals surface area contributed by atoms with Crippen LogP contribution < -0.4 is 4.74 Å². The molecule has 120 valence electrons. The summed E-state index contributed by atoms with van der Waals surface area (Å²) in [6.45, 7) is 2.33. The Morgan fingerprint density at radius 1 is 1.23 bits per heavy atom. The van der Waals surface area contributed by atoms with E-state index in [9.17, 15) is 13.6 Å². The SMILES string of the molecule is Cc1ccc(OC(=O)C2CCC(CC3CO3)CC2)c(F)c1F. The number of halogens is 2. The molecule has 1 aliphatic heterocycles. The summed E-state index contributed by atoms with van der Waals surface area (Å²) in [5.74, 6) is -2.44. The van der Waals surface area contributed by atoms with Gasteiger partial charge in [-0.25, -0.2) is 4.39 Å². The fraction of sp³-hybridized carbons (Fsp3) is 0.588. The molecule has 0 N–H and O–H groups in total. The first-order valence-electron chi connectivity index (χ1n) is 7.82. The van der Waals surface area contributed by atoms with Gasteiger partial charge in [-0.3, -0.25) is 4.79 Å². The number of hydrogen-bond donors (Lipinski definition) is 0. The molecular formula is C17H20F2O3. The van der Waals surface area contributed by atoms with E-state index in [2.05, 4.69) is 0 Å². The van der Waals surface area contributed by atoms with E-state index in [0.717, 1.165) is 38.7 Å². The Morgan fingerprint density at radius 2 is 1.91 bits per heavy atom. The van der Waals surface area contributed by atoms with Gasteiger partial charge < -0.3 is 9.47 Å². The van der Waals surface area contributed by atoms with Gasteiger partial charge in [0.2, 0.25) is 5.82 Å². The van der Waals surface area contributed by atoms with E-state index in [1.165, 1.54) is 19.1 Å². The predicted octanol–water partition coefficient (Wildman–Crippen LogP) is 3.77. The Morgan fingerprint density at radius 3 is 2.55 bits per heavy atom. The molecule has 1 saturated heterocycles. The lowest BCUT2D eigenvalue weighted by atomic mass is 9.80. The maximum atomic E-state index is 13.7. The highest BCUT2D eigenvalue weighted by Crippen LogP contribution is 2.35. The molecule has 3 nitrogen and oxygen atoms in total. The molecule has 1 aromatic carbocycles. The maximum absolute atomic E-state index is 13.7. The van der Waals surface area contributed by atoms with Crippen molar-refractivity contribution in [3.8, 4) is 5.75 Å². The number of rotatable bonds is 4. The third-order valence-electron chi connectivity index (χ3n) is 4.63. The summed E-state index contributed by atoms with van der Waals surface area (Å²) < 4.78 is 37.5. The molecule has 1 unspecified atom stereocenters. The van der Waals surface area contributed by atoms with Gasteiger partial charge in [0, 0.05) is 0 Å². The van der Waals surface area contributed by atoms with Crippen molar-refractivity contribution in [1.82, 2.24) is 0 Å². The molecule has 1 atom stereocenters. The van der Waals surface area contributed by atoms with Crippen LogP contribution in [0.2, 0.25) is 0 Å². The van der Waals surface area contributed by atoms with Crippen molar-refractivity contribution in [1.29, 1.82) is 0 Å². The quantitative estimate of drug-likeness (QED) is 0.483. The van der Waals surface area contributed by atoms with Gasteiger partial charge in [-0.15, -0.1) is 0 Å². The summed E-state index contributed by atoms with van der Waals surface area (Å²) >= 11 is 0. The molecule has 0 amide bonds. The van der Waals surface area contributed by atoms with Crippen molar-refractivity contribution in [2.45, 2.75) is 45.1 Å². The minimum atomic E-state index is -1.09. The molecule has 1 aromatic rings. The van der Waals surface area contributed by atoms with Crippen LogP contribution in [0.4, 0.5) is 8.78 Å². The second kappa shape index (κ2) is 6.32. The number of carbonyl (C=O) groups excluding carboxylic acids is 1. The van der Waals surface area contributed by atoms with Gasteiger partial charge in [0.1, 0.15) is 0 Å². The number of epoxide rings is 1. The zero-order valence-electron chi connectivity index (χ0n) is 12.6. The number of esters is 1. The van der Waals surface area contributed by atoms with Crippen LogP contribution in [0.5, 0.6) is 5.75 Å². The van der Waals surface area contributed by atoms with Crippen molar-refractivity contribution in [2.24, 2.45) is 11.8 Å². The van der Waals surface area contributed by atoms with Crippen molar-refractivity contribution < 1.29 is 23.0 Å². The van der Waals surface area contributed by atoms with E-state index in [1.807, 2.05) is 0 Å². The first-order valence-corrected chi connectivity index (χ1v) is 7.82. The van der Waals surface area contributed by atoms with Crippen LogP contribution in [0.1, 0.15) is 37.7 Å². The molecular weight excluding hydrogens is 290 g/mol. The minimum Gasteiger partial charge on any atom is -0.423 e. The normalized spacial score (nSPS) is 27.5. The zero-order chi connectivity index (χ0) is 15.7. The average molecular weight is 310 g/mol. The van der Waals surface area contributed by atoms with Crippen molar-refractivity contribution >= 4 is 5.97 Å². The highest BCUT2D eigenvalue weighted by atomic mass is 19.2. The predicted molar refractivity (Wildman–Crippen MR) is 76.5 cm³/mol. The molecule has 0 aromatic heterocycles. The van der Waals surface area contributed by atoms with Crippen LogP contribution >= 0.6 is 0 Å². The van der Waals surface area contributed by atoms with Crippen LogP contribution in [-0.4, -0.2) is 18.7 Å². The van der Waals surface area contributed by atoms with Crippen molar-refractivity contribution in [3.05, 3.63) is 29.3 Å². The van der Waals surface area contributed by atoms with Gasteiger partial charge in [0.15, 0.2) is 11.6 Å². The minimum absolute atomic E-state index is 0.195. The van der Waals surface area contributed by atoms with E-state index in [1.54, 1.807) is 0 Å². The Labute approximate surface area is 128 Å². The number of aryl methyl sites for hydroxylation is 1. The first kappa shape index (κ1) is 15.4. The fourth-order valence-electron chi connectivity index (χ4n) is 3.11. The Kier molecular flexibility index (Phi) is 4.43. The van der Waals surface area contributed by atoms with Gasteiger partial charge in [-0.1, -0.05) is 6.07 Å². The Hall–Kier alpha value is -1.49. The Bertz CT molecular complexity index is 561. The van der Waals surface area contributed by atoms with Crippen LogP contribution in [0.3, 0.4) is 0 Å². The van der Waals surface area contributed by atoms with Gasteiger partial charge in [0.05, 0.1) is 18.6 Å². The average Bonchev–Trinajstić information content (AvgIpc) is 3.32. The summed E-state index contributed by atoms with van der Waals surface area (Å²) in [4.78, 5) is 12.1. The largest absolute Gasteiger partial charge is 0.423 e. The molecule has 3 rings (SSSR count). The zero-order valence-corrected chi connectivity index (χ0v) is 12.6. The summed E-state index contributed by atoms with van der Waals surface area (Å²) in [6, 6.07) is 2.72. The second-order valence-electron chi connectivity index (χ2n) is 6.34. The summed E-state index contributed by atoms with van der Waals surface area (Å²) in [5.41, 5.74) is 0.195. The number of carbonyl (C=O) groups is 1. The highest BCUT2D eigenvalue weighted by molar-refractivity contribution is 5.75. The monoisotopic (exact) mass is 310 g/mol. The molecule has 22 heavy (non-hydrogen) atoms. The van der Waals surface area contributed by atoms with Gasteiger partial charge in [-0.2, -0.15) is 4.39 Å². The third kappa shape index (κ3) is 3.46. The number of hydrogen-bond acceptors (Lipinski definition) is 3. The van der Waals surface area contributed by atoms with Crippen LogP contribution in [0.15, 0.2) is 12.1 Å². The third-order valence-corrected chi connectivity index (χ3v) is 4.63. The van der Waals surface area contributed by atoms with Crippen LogP contribution in [-0.2, 0) is 9.53 Å². The smallest absolute Gasteiger partial charge is 0.314 e. The van der Waals surface area contributed by atoms with Gasteiger partial charge >= 0.3 is 5.97 Å². The van der Waals surface area contributed by atoms with Crippen LogP contribution in [0, 0.1) is 30.4 Å². The molecule has 1 heterocycles. The molecule has 0 radical (unpaired) electrons. The van der Waals surface area contributed by atoms with Crippen molar-refractivity contribution in [3.63, 3.8) is 0 Å². The fourth-order valence-corrected chi connectivity index (χ4v) is 3.11. The topological polar surface area (TPSA) is 38.8 Å². The summed E-state index contributed by atoms with van der Waals surface area (Å²) in [7, 11) is 0. The lowest BCUT2D eigenvalue weighted by Crippen LogP contribution is -2.26. The lowest BCUT2D eigenvalue weighted by molar-refractivity contribution is -0.140. The molecule has 1 aliphatic carbocycles. The van der Waals surface area contributed by atoms with Crippen LogP contribution in [0.25, 0.3) is 0 Å². The van der Waals surface area contributed by atoms with E-state index >= 15 is 0 Å². The molecule has 5 heteroatoms. The van der Waals surface area contributed by atoms with Gasteiger partial charge in [-0.05, 0) is 56.6 Å². The van der Waals surface area contributed by atoms with E-state index < -0.39 is 17.6 Å². The molecule has 2 aliphatic rings. The second-order valence-corrected chi connectivity index (χ2v) is 6.34. The lowest BCUT2D eigenvalue weighted by Gasteiger charge is -2.26. The number of ether oxygens (including phenoxy) is 2. The molecule has 0 bridgehead atoms. The number of benzene rings is 1. The van der Waals surface area contributed by atoms with Crippen molar-refractivity contribution in [2.75, 3.05) is 6.61 Å². The maximum Gasteiger partial charge on any atom is 0.314 e. The van der Waals surface area contributed by atoms with E-state index in [4.69, 9.17) is 9.47 Å². The first-order chi connectivity index (χ1) is 10.5.